The van der Waals surface area contributed by atoms with E-state index in [1.54, 1.807) is 21.2 Å². The van der Waals surface area contributed by atoms with E-state index >= 15 is 0 Å². The lowest BCUT2D eigenvalue weighted by molar-refractivity contribution is -0.129. The monoisotopic (exact) mass is 361 g/mol. The fraction of sp³-hybridized carbons (Fsp3) is 0.444. The van der Waals surface area contributed by atoms with E-state index in [0.29, 0.717) is 13.0 Å². The van der Waals surface area contributed by atoms with E-state index in [1.807, 2.05) is 0 Å². The summed E-state index contributed by atoms with van der Waals surface area (Å²) in [6, 6.07) is 4.41. The molecule has 0 atom stereocenters. The van der Waals surface area contributed by atoms with Gasteiger partial charge < -0.3 is 14.5 Å². The standard InChI is InChI=1S/C18H23N3O5/c1-19(2)15(22)11-20(3)16(23)12-6-7-13-14(10-12)18(25)21(17(13)24)8-5-9-26-4/h6-7,10H,5,8-9,11H2,1-4H3. The number of benzene rings is 1. The molecule has 1 aromatic rings. The average molecular weight is 361 g/mol. The summed E-state index contributed by atoms with van der Waals surface area (Å²) >= 11 is 0. The Morgan fingerprint density at radius 1 is 1.08 bits per heavy atom. The lowest BCUT2D eigenvalue weighted by atomic mass is 10.0. The van der Waals surface area contributed by atoms with Gasteiger partial charge in [-0.05, 0) is 24.6 Å². The van der Waals surface area contributed by atoms with Gasteiger partial charge in [0.05, 0.1) is 17.7 Å². The largest absolute Gasteiger partial charge is 0.385 e. The summed E-state index contributed by atoms with van der Waals surface area (Å²) < 4.78 is 4.94. The summed E-state index contributed by atoms with van der Waals surface area (Å²) in [4.78, 5) is 53.0. The maximum absolute atomic E-state index is 12.5. The van der Waals surface area contributed by atoms with Crippen LogP contribution in [-0.4, -0.2) is 86.3 Å². The van der Waals surface area contributed by atoms with Crippen molar-refractivity contribution < 1.29 is 23.9 Å². The molecule has 2 rings (SSSR count). The number of nitrogens with zero attached hydrogens (tertiary/aromatic N) is 3. The lowest BCUT2D eigenvalue weighted by Crippen LogP contribution is -2.37. The number of methoxy groups -OCH3 is 1. The molecule has 0 saturated carbocycles. The first-order chi connectivity index (χ1) is 12.3. The van der Waals surface area contributed by atoms with Gasteiger partial charge in [0.2, 0.25) is 5.91 Å². The lowest BCUT2D eigenvalue weighted by Gasteiger charge is -2.19. The smallest absolute Gasteiger partial charge is 0.261 e. The van der Waals surface area contributed by atoms with Gasteiger partial charge in [0.25, 0.3) is 17.7 Å². The van der Waals surface area contributed by atoms with E-state index in [0.717, 1.165) is 4.90 Å². The second kappa shape index (κ2) is 8.09. The van der Waals surface area contributed by atoms with Crippen molar-refractivity contribution in [1.29, 1.82) is 0 Å². The van der Waals surface area contributed by atoms with Gasteiger partial charge in [-0.15, -0.1) is 0 Å². The number of hydrogen-bond acceptors (Lipinski definition) is 5. The van der Waals surface area contributed by atoms with Crippen LogP contribution in [0.1, 0.15) is 37.5 Å². The molecule has 4 amide bonds. The number of carbonyl (C=O) groups is 4. The molecule has 0 aliphatic carbocycles. The Morgan fingerprint density at radius 2 is 1.73 bits per heavy atom. The van der Waals surface area contributed by atoms with E-state index in [1.165, 1.54) is 35.0 Å². The highest BCUT2D eigenvalue weighted by molar-refractivity contribution is 6.22. The number of rotatable bonds is 7. The zero-order valence-electron chi connectivity index (χ0n) is 15.4. The zero-order valence-corrected chi connectivity index (χ0v) is 15.4. The molecule has 8 nitrogen and oxygen atoms in total. The summed E-state index contributed by atoms with van der Waals surface area (Å²) in [6.45, 7) is 0.640. The second-order valence-electron chi connectivity index (χ2n) is 6.32. The van der Waals surface area contributed by atoms with Crippen LogP contribution in [0.15, 0.2) is 18.2 Å². The van der Waals surface area contributed by atoms with Crippen LogP contribution < -0.4 is 0 Å². The second-order valence-corrected chi connectivity index (χ2v) is 6.32. The highest BCUT2D eigenvalue weighted by Gasteiger charge is 2.35. The van der Waals surface area contributed by atoms with Crippen LogP contribution in [0.5, 0.6) is 0 Å². The van der Waals surface area contributed by atoms with Crippen LogP contribution in [0, 0.1) is 0 Å². The predicted molar refractivity (Wildman–Crippen MR) is 94.0 cm³/mol. The Morgan fingerprint density at radius 3 is 2.35 bits per heavy atom. The summed E-state index contributed by atoms with van der Waals surface area (Å²) in [5.41, 5.74) is 0.763. The first kappa shape index (κ1) is 19.6. The Bertz CT molecular complexity index is 744. The van der Waals surface area contributed by atoms with Crippen molar-refractivity contribution in [3.05, 3.63) is 34.9 Å². The Kier molecular flexibility index (Phi) is 6.10. The third kappa shape index (κ3) is 3.91. The zero-order chi connectivity index (χ0) is 19.4. The normalized spacial score (nSPS) is 13.0. The Balaban J connectivity index is 2.17. The molecular weight excluding hydrogens is 338 g/mol. The molecule has 0 fully saturated rings. The summed E-state index contributed by atoms with van der Waals surface area (Å²) in [5.74, 6) is -1.38. The highest BCUT2D eigenvalue weighted by Crippen LogP contribution is 2.24. The van der Waals surface area contributed by atoms with Crippen LogP contribution in [-0.2, 0) is 9.53 Å². The van der Waals surface area contributed by atoms with Crippen LogP contribution in [0.25, 0.3) is 0 Å². The highest BCUT2D eigenvalue weighted by atomic mass is 16.5. The van der Waals surface area contributed by atoms with Gasteiger partial charge in [-0.1, -0.05) is 0 Å². The van der Waals surface area contributed by atoms with Crippen molar-refractivity contribution in [3.8, 4) is 0 Å². The number of carbonyl (C=O) groups excluding carboxylic acids is 4. The van der Waals surface area contributed by atoms with Gasteiger partial charge in [-0.2, -0.15) is 0 Å². The van der Waals surface area contributed by atoms with Gasteiger partial charge in [0, 0.05) is 47.0 Å². The SMILES string of the molecule is COCCCN1C(=O)c2ccc(C(=O)N(C)CC(=O)N(C)C)cc2C1=O. The summed E-state index contributed by atoms with van der Waals surface area (Å²) in [5, 5.41) is 0. The molecule has 0 radical (unpaired) electrons. The van der Waals surface area contributed by atoms with Crippen LogP contribution in [0.2, 0.25) is 0 Å². The topological polar surface area (TPSA) is 87.2 Å². The van der Waals surface area contributed by atoms with E-state index in [2.05, 4.69) is 0 Å². The Labute approximate surface area is 152 Å². The van der Waals surface area contributed by atoms with Crippen molar-refractivity contribution in [2.45, 2.75) is 6.42 Å². The first-order valence-electron chi connectivity index (χ1n) is 8.22. The third-order valence-corrected chi connectivity index (χ3v) is 4.17. The van der Waals surface area contributed by atoms with Crippen molar-refractivity contribution in [1.82, 2.24) is 14.7 Å². The van der Waals surface area contributed by atoms with Gasteiger partial charge in [0.1, 0.15) is 0 Å². The molecule has 0 unspecified atom stereocenters. The fourth-order valence-corrected chi connectivity index (χ4v) is 2.63. The summed E-state index contributed by atoms with van der Waals surface area (Å²) in [6.07, 6.45) is 0.545. The molecule has 0 aromatic heterocycles. The molecule has 0 spiro atoms. The minimum Gasteiger partial charge on any atom is -0.385 e. The molecule has 1 aliphatic rings. The third-order valence-electron chi connectivity index (χ3n) is 4.17. The number of amides is 4. The molecule has 1 aromatic carbocycles. The van der Waals surface area contributed by atoms with Crippen molar-refractivity contribution in [2.75, 3.05) is 47.9 Å². The average Bonchev–Trinajstić information content (AvgIpc) is 2.85. The van der Waals surface area contributed by atoms with Gasteiger partial charge >= 0.3 is 0 Å². The molecule has 0 saturated heterocycles. The van der Waals surface area contributed by atoms with Crippen LogP contribution in [0.4, 0.5) is 0 Å². The van der Waals surface area contributed by atoms with E-state index in [9.17, 15) is 19.2 Å². The van der Waals surface area contributed by atoms with E-state index < -0.39 is 5.91 Å². The number of fused-ring (bicyclic) bond motifs is 1. The van der Waals surface area contributed by atoms with Gasteiger partial charge in [-0.3, -0.25) is 24.1 Å². The molecule has 26 heavy (non-hydrogen) atoms. The van der Waals surface area contributed by atoms with Crippen LogP contribution in [0.3, 0.4) is 0 Å². The summed E-state index contributed by atoms with van der Waals surface area (Å²) in [7, 11) is 6.29. The maximum atomic E-state index is 12.5. The fourth-order valence-electron chi connectivity index (χ4n) is 2.63. The minimum absolute atomic E-state index is 0.0705. The molecular formula is C18H23N3O5. The van der Waals surface area contributed by atoms with E-state index in [-0.39, 0.29) is 47.5 Å². The number of imide groups is 1. The van der Waals surface area contributed by atoms with Gasteiger partial charge in [-0.25, -0.2) is 0 Å². The first-order valence-corrected chi connectivity index (χ1v) is 8.22. The molecule has 0 bridgehead atoms. The van der Waals surface area contributed by atoms with Crippen LogP contribution >= 0.6 is 0 Å². The molecule has 1 heterocycles. The van der Waals surface area contributed by atoms with Gasteiger partial charge in [0.15, 0.2) is 0 Å². The predicted octanol–water partition coefficient (Wildman–Crippen LogP) is 0.479. The quantitative estimate of drug-likeness (QED) is 0.521. The molecule has 1 aliphatic heterocycles. The maximum Gasteiger partial charge on any atom is 0.261 e. The van der Waals surface area contributed by atoms with Crippen molar-refractivity contribution in [3.63, 3.8) is 0 Å². The van der Waals surface area contributed by atoms with Crippen molar-refractivity contribution >= 4 is 23.6 Å². The molecule has 0 N–H and O–H groups in total. The van der Waals surface area contributed by atoms with Crippen molar-refractivity contribution in [2.24, 2.45) is 0 Å². The molecule has 8 heteroatoms. The Hall–Kier alpha value is -2.74. The van der Waals surface area contributed by atoms with E-state index in [4.69, 9.17) is 4.74 Å². The number of likely N-dealkylation sites (N-methyl/N-ethyl adjacent to an activating group) is 2. The minimum atomic E-state index is -0.414. The molecule has 140 valence electrons. The number of ether oxygens (including phenoxy) is 1. The number of hydrogen-bond donors (Lipinski definition) is 0.